The van der Waals surface area contributed by atoms with E-state index in [-0.39, 0.29) is 36.6 Å². The zero-order valence-electron chi connectivity index (χ0n) is 16.5. The van der Waals surface area contributed by atoms with Gasteiger partial charge in [-0.05, 0) is 31.6 Å². The van der Waals surface area contributed by atoms with Crippen molar-refractivity contribution in [3.63, 3.8) is 0 Å². The summed E-state index contributed by atoms with van der Waals surface area (Å²) in [5.74, 6) is 0.961. The molecule has 0 bridgehead atoms. The lowest BCUT2D eigenvalue weighted by Crippen LogP contribution is -2.59. The highest BCUT2D eigenvalue weighted by atomic mass is 35.5. The van der Waals surface area contributed by atoms with Crippen LogP contribution < -0.4 is 11.1 Å². The molecule has 6 nitrogen and oxygen atoms in total. The third-order valence-corrected chi connectivity index (χ3v) is 6.25. The first kappa shape index (κ1) is 24.5. The van der Waals surface area contributed by atoms with Crippen LogP contribution in [0.2, 0.25) is 0 Å². The number of carbonyl (C=O) groups excluding carboxylic acids is 2. The Hall–Kier alpha value is -0.560. The van der Waals surface area contributed by atoms with Crippen LogP contribution in [0.1, 0.15) is 58.3 Å². The lowest BCUT2D eigenvalue weighted by Gasteiger charge is -2.38. The van der Waals surface area contributed by atoms with Gasteiger partial charge in [0, 0.05) is 32.2 Å². The van der Waals surface area contributed by atoms with Gasteiger partial charge in [0.15, 0.2) is 0 Å². The molecule has 1 aliphatic heterocycles. The van der Waals surface area contributed by atoms with Crippen LogP contribution in [0, 0.1) is 5.92 Å². The fraction of sp³-hybridized carbons (Fsp3) is 0.895. The second-order valence-electron chi connectivity index (χ2n) is 8.47. The van der Waals surface area contributed by atoms with E-state index in [2.05, 4.69) is 17.1 Å². The maximum atomic E-state index is 12.6. The molecule has 3 N–H and O–H groups in total. The minimum Gasteiger partial charge on any atom is -0.352 e. The van der Waals surface area contributed by atoms with Crippen molar-refractivity contribution in [3.8, 4) is 0 Å². The summed E-state index contributed by atoms with van der Waals surface area (Å²) in [6, 6.07) is 0.346. The van der Waals surface area contributed by atoms with Crippen molar-refractivity contribution in [1.29, 1.82) is 0 Å². The second kappa shape index (κ2) is 10.8. The largest absolute Gasteiger partial charge is 0.352 e. The van der Waals surface area contributed by atoms with Crippen LogP contribution in [0.15, 0.2) is 0 Å². The zero-order valence-corrected chi connectivity index (χ0v) is 18.1. The average Bonchev–Trinajstić information content (AvgIpc) is 3.03. The molecule has 2 amide bonds. The Balaban J connectivity index is 0.00000182. The van der Waals surface area contributed by atoms with Gasteiger partial charge in [0.25, 0.3) is 0 Å². The fourth-order valence-corrected chi connectivity index (χ4v) is 4.69. The number of carbonyl (C=O) groups is 2. The van der Waals surface area contributed by atoms with E-state index in [1.165, 1.54) is 12.8 Å². The quantitative estimate of drug-likeness (QED) is 0.725. The molecule has 8 heteroatoms. The van der Waals surface area contributed by atoms with E-state index in [1.807, 2.05) is 4.90 Å². The number of nitrogens with one attached hydrogen (secondary N) is 1. The first-order valence-corrected chi connectivity index (χ1v) is 10.1. The Kier molecular flexibility index (Phi) is 9.83. The van der Waals surface area contributed by atoms with Gasteiger partial charge < -0.3 is 16.0 Å². The molecule has 27 heavy (non-hydrogen) atoms. The van der Waals surface area contributed by atoms with Gasteiger partial charge in [-0.25, -0.2) is 0 Å². The van der Waals surface area contributed by atoms with Crippen LogP contribution in [-0.2, 0) is 9.59 Å². The third kappa shape index (κ3) is 6.48. The number of halogens is 2. The van der Waals surface area contributed by atoms with E-state index >= 15 is 0 Å². The number of rotatable bonds is 4. The lowest BCUT2D eigenvalue weighted by molar-refractivity contribution is -0.138. The van der Waals surface area contributed by atoms with Gasteiger partial charge >= 0.3 is 0 Å². The first-order valence-electron chi connectivity index (χ1n) is 10.1. The molecule has 1 heterocycles. The summed E-state index contributed by atoms with van der Waals surface area (Å²) in [6.07, 6.45) is 8.45. The van der Waals surface area contributed by atoms with E-state index < -0.39 is 5.54 Å². The highest BCUT2D eigenvalue weighted by Gasteiger charge is 2.40. The highest BCUT2D eigenvalue weighted by Crippen LogP contribution is 2.29. The van der Waals surface area contributed by atoms with Crippen molar-refractivity contribution in [2.75, 3.05) is 32.7 Å². The van der Waals surface area contributed by atoms with Gasteiger partial charge in [-0.1, -0.05) is 32.6 Å². The summed E-state index contributed by atoms with van der Waals surface area (Å²) in [5, 5.41) is 3.20. The molecule has 2 unspecified atom stereocenters. The molecule has 0 aromatic rings. The van der Waals surface area contributed by atoms with Gasteiger partial charge in [-0.2, -0.15) is 0 Å². The average molecular weight is 423 g/mol. The molecule has 2 aliphatic carbocycles. The van der Waals surface area contributed by atoms with Gasteiger partial charge in [-0.3, -0.25) is 14.5 Å². The normalized spacial score (nSPS) is 28.0. The third-order valence-electron chi connectivity index (χ3n) is 6.25. The van der Waals surface area contributed by atoms with E-state index in [1.54, 1.807) is 0 Å². The first-order chi connectivity index (χ1) is 12.0. The molecule has 0 aromatic carbocycles. The second-order valence-corrected chi connectivity index (χ2v) is 8.47. The van der Waals surface area contributed by atoms with Gasteiger partial charge in [0.05, 0.1) is 12.1 Å². The fourth-order valence-electron chi connectivity index (χ4n) is 4.69. The molecule has 2 saturated carbocycles. The lowest BCUT2D eigenvalue weighted by atomic mass is 9.87. The van der Waals surface area contributed by atoms with Crippen LogP contribution in [0.4, 0.5) is 0 Å². The van der Waals surface area contributed by atoms with E-state index in [9.17, 15) is 9.59 Å². The Morgan fingerprint density at radius 1 is 1.04 bits per heavy atom. The molecule has 0 aromatic heterocycles. The van der Waals surface area contributed by atoms with Crippen LogP contribution >= 0.6 is 24.8 Å². The number of nitrogens with two attached hydrogens (primary N) is 1. The number of piperazine rings is 1. The van der Waals surface area contributed by atoms with Crippen LogP contribution in [-0.4, -0.2) is 65.9 Å². The van der Waals surface area contributed by atoms with Crippen molar-refractivity contribution in [2.24, 2.45) is 11.7 Å². The zero-order chi connectivity index (χ0) is 17.9. The Morgan fingerprint density at radius 2 is 1.67 bits per heavy atom. The minimum absolute atomic E-state index is 0. The maximum absolute atomic E-state index is 12.6. The summed E-state index contributed by atoms with van der Waals surface area (Å²) in [6.45, 7) is 5.60. The number of nitrogens with zero attached hydrogens (tertiary/aromatic N) is 2. The van der Waals surface area contributed by atoms with Crippen LogP contribution in [0.5, 0.6) is 0 Å². The van der Waals surface area contributed by atoms with E-state index in [0.717, 1.165) is 51.6 Å². The summed E-state index contributed by atoms with van der Waals surface area (Å²) in [7, 11) is 0. The minimum atomic E-state index is -0.628. The molecule has 0 radical (unpaired) electrons. The van der Waals surface area contributed by atoms with Crippen molar-refractivity contribution in [2.45, 2.75) is 69.9 Å². The number of amides is 2. The number of hydrogen-bond acceptors (Lipinski definition) is 4. The smallest absolute Gasteiger partial charge is 0.242 e. The molecule has 2 atom stereocenters. The monoisotopic (exact) mass is 422 g/mol. The van der Waals surface area contributed by atoms with Gasteiger partial charge in [0.1, 0.15) is 0 Å². The standard InChI is InChI=1S/C19H34N4O2.2ClH/c1-15-5-4-6-16(13-15)21-17(24)14-22-9-11-23(12-10-22)18(25)19(20)7-2-3-8-19;;/h15-16H,2-14,20H2,1H3,(H,21,24);2*1H. The van der Waals surface area contributed by atoms with Crippen molar-refractivity contribution in [3.05, 3.63) is 0 Å². The van der Waals surface area contributed by atoms with Crippen LogP contribution in [0.25, 0.3) is 0 Å². The topological polar surface area (TPSA) is 78.7 Å². The molecule has 3 aliphatic rings. The molecular formula is C19H36Cl2N4O2. The Morgan fingerprint density at radius 3 is 2.26 bits per heavy atom. The van der Waals surface area contributed by atoms with Crippen molar-refractivity contribution < 1.29 is 9.59 Å². The van der Waals surface area contributed by atoms with Crippen molar-refractivity contribution >= 4 is 36.6 Å². The predicted octanol–water partition coefficient (Wildman–Crippen LogP) is 1.94. The summed E-state index contributed by atoms with van der Waals surface area (Å²) in [4.78, 5) is 29.0. The SMILES string of the molecule is CC1CCCC(NC(=O)CN2CCN(C(=O)C3(N)CCCC3)CC2)C1.Cl.Cl. The molecule has 3 rings (SSSR count). The molecule has 0 spiro atoms. The maximum Gasteiger partial charge on any atom is 0.242 e. The summed E-state index contributed by atoms with van der Waals surface area (Å²) >= 11 is 0. The van der Waals surface area contributed by atoms with Crippen molar-refractivity contribution in [1.82, 2.24) is 15.1 Å². The van der Waals surface area contributed by atoms with E-state index in [0.29, 0.717) is 31.6 Å². The molecule has 3 fully saturated rings. The summed E-state index contributed by atoms with van der Waals surface area (Å²) < 4.78 is 0. The molecule has 1 saturated heterocycles. The Labute approximate surface area is 175 Å². The molecular weight excluding hydrogens is 387 g/mol. The summed E-state index contributed by atoms with van der Waals surface area (Å²) in [5.41, 5.74) is 5.67. The number of hydrogen-bond donors (Lipinski definition) is 2. The van der Waals surface area contributed by atoms with Crippen LogP contribution in [0.3, 0.4) is 0 Å². The Bertz CT molecular complexity index is 492. The molecule has 158 valence electrons. The van der Waals surface area contributed by atoms with Gasteiger partial charge in [-0.15, -0.1) is 24.8 Å². The highest BCUT2D eigenvalue weighted by molar-refractivity contribution is 5.86. The van der Waals surface area contributed by atoms with Gasteiger partial charge in [0.2, 0.25) is 11.8 Å². The predicted molar refractivity (Wildman–Crippen MR) is 112 cm³/mol. The van der Waals surface area contributed by atoms with E-state index in [4.69, 9.17) is 5.73 Å².